The molecule has 1 aromatic carbocycles. The van der Waals surface area contributed by atoms with Crippen molar-refractivity contribution in [1.82, 2.24) is 9.80 Å². The first-order valence-corrected chi connectivity index (χ1v) is 9.04. The number of carbonyl (C=O) groups excluding carboxylic acids is 2. The van der Waals surface area contributed by atoms with Gasteiger partial charge in [0.2, 0.25) is 0 Å². The molecule has 1 aromatic rings. The standard InChI is InChI=1S/C19H24N2O3/c22-18(17-13-14-5-1-4-8-16(14)19(23)24-17)21-11-9-20(10-12-21)15-6-2-3-7-15/h1,4-5,8,15,17H,2-3,6-7,9-13H2. The van der Waals surface area contributed by atoms with Gasteiger partial charge in [0, 0.05) is 38.6 Å². The van der Waals surface area contributed by atoms with E-state index >= 15 is 0 Å². The van der Waals surface area contributed by atoms with Crippen LogP contribution in [0.25, 0.3) is 0 Å². The number of piperazine rings is 1. The Morgan fingerprint density at radius 2 is 1.75 bits per heavy atom. The number of esters is 1. The van der Waals surface area contributed by atoms with Gasteiger partial charge in [0.15, 0.2) is 6.10 Å². The van der Waals surface area contributed by atoms with Crippen molar-refractivity contribution in [3.63, 3.8) is 0 Å². The Hall–Kier alpha value is -1.88. The Bertz CT molecular complexity index is 631. The fraction of sp³-hybridized carbons (Fsp3) is 0.579. The molecule has 2 fully saturated rings. The molecule has 0 aromatic heterocycles. The second-order valence-electron chi connectivity index (χ2n) is 7.05. The predicted octanol–water partition coefficient (Wildman–Crippen LogP) is 1.85. The minimum Gasteiger partial charge on any atom is -0.448 e. The zero-order valence-electron chi connectivity index (χ0n) is 13.9. The maximum atomic E-state index is 12.8. The van der Waals surface area contributed by atoms with E-state index in [-0.39, 0.29) is 11.9 Å². The van der Waals surface area contributed by atoms with E-state index in [2.05, 4.69) is 4.90 Å². The summed E-state index contributed by atoms with van der Waals surface area (Å²) in [4.78, 5) is 29.3. The Morgan fingerprint density at radius 1 is 1.04 bits per heavy atom. The van der Waals surface area contributed by atoms with E-state index in [0.29, 0.717) is 18.0 Å². The van der Waals surface area contributed by atoms with Gasteiger partial charge in [0.1, 0.15) is 0 Å². The number of cyclic esters (lactones) is 1. The van der Waals surface area contributed by atoms with Crippen LogP contribution in [-0.4, -0.2) is 60.0 Å². The number of hydrogen-bond donors (Lipinski definition) is 0. The van der Waals surface area contributed by atoms with E-state index in [1.54, 1.807) is 6.07 Å². The number of nitrogens with zero attached hydrogens (tertiary/aromatic N) is 2. The fourth-order valence-corrected chi connectivity index (χ4v) is 4.25. The summed E-state index contributed by atoms with van der Waals surface area (Å²) in [5.41, 5.74) is 1.50. The van der Waals surface area contributed by atoms with Gasteiger partial charge >= 0.3 is 5.97 Å². The van der Waals surface area contributed by atoms with Crippen molar-refractivity contribution in [3.05, 3.63) is 35.4 Å². The summed E-state index contributed by atoms with van der Waals surface area (Å²) in [5, 5.41) is 0. The molecule has 1 atom stereocenters. The number of benzene rings is 1. The molecule has 128 valence electrons. The van der Waals surface area contributed by atoms with Crippen molar-refractivity contribution in [2.45, 2.75) is 44.2 Å². The zero-order chi connectivity index (χ0) is 16.5. The van der Waals surface area contributed by atoms with Crippen LogP contribution in [0.15, 0.2) is 24.3 Å². The topological polar surface area (TPSA) is 49.9 Å². The van der Waals surface area contributed by atoms with E-state index in [9.17, 15) is 9.59 Å². The third kappa shape index (κ3) is 2.93. The van der Waals surface area contributed by atoms with Crippen LogP contribution in [0.2, 0.25) is 0 Å². The summed E-state index contributed by atoms with van der Waals surface area (Å²) in [5.74, 6) is -0.413. The van der Waals surface area contributed by atoms with Gasteiger partial charge in [-0.1, -0.05) is 31.0 Å². The van der Waals surface area contributed by atoms with Crippen LogP contribution in [-0.2, 0) is 16.0 Å². The number of hydrogen-bond acceptors (Lipinski definition) is 4. The molecule has 0 bridgehead atoms. The molecular formula is C19H24N2O3. The maximum absolute atomic E-state index is 12.8. The molecule has 2 heterocycles. The first-order chi connectivity index (χ1) is 11.7. The van der Waals surface area contributed by atoms with Crippen LogP contribution in [0.3, 0.4) is 0 Å². The van der Waals surface area contributed by atoms with Gasteiger partial charge in [-0.2, -0.15) is 0 Å². The van der Waals surface area contributed by atoms with Crippen LogP contribution in [0.5, 0.6) is 0 Å². The van der Waals surface area contributed by atoms with Gasteiger partial charge in [0.05, 0.1) is 5.56 Å². The number of amides is 1. The van der Waals surface area contributed by atoms with Crippen LogP contribution in [0.1, 0.15) is 41.6 Å². The molecule has 0 radical (unpaired) electrons. The smallest absolute Gasteiger partial charge is 0.339 e. The number of ether oxygens (including phenoxy) is 1. The Labute approximate surface area is 142 Å². The third-order valence-corrected chi connectivity index (χ3v) is 5.63. The van der Waals surface area contributed by atoms with Crippen molar-refractivity contribution in [2.24, 2.45) is 0 Å². The second-order valence-corrected chi connectivity index (χ2v) is 7.05. The fourth-order valence-electron chi connectivity index (χ4n) is 4.25. The SMILES string of the molecule is O=C1OC(C(=O)N2CCN(C3CCCC3)CC2)Cc2ccccc21. The lowest BCUT2D eigenvalue weighted by Gasteiger charge is -2.39. The van der Waals surface area contributed by atoms with Gasteiger partial charge < -0.3 is 9.64 Å². The van der Waals surface area contributed by atoms with Crippen LogP contribution < -0.4 is 0 Å². The van der Waals surface area contributed by atoms with Gasteiger partial charge in [-0.05, 0) is 24.5 Å². The highest BCUT2D eigenvalue weighted by molar-refractivity contribution is 5.95. The van der Waals surface area contributed by atoms with Crippen molar-refractivity contribution >= 4 is 11.9 Å². The van der Waals surface area contributed by atoms with Gasteiger partial charge in [-0.25, -0.2) is 4.79 Å². The molecule has 1 aliphatic carbocycles. The average molecular weight is 328 g/mol. The minimum atomic E-state index is -0.662. The van der Waals surface area contributed by atoms with Crippen LogP contribution in [0, 0.1) is 0 Å². The maximum Gasteiger partial charge on any atom is 0.339 e. The third-order valence-electron chi connectivity index (χ3n) is 5.63. The molecule has 1 saturated heterocycles. The number of carbonyl (C=O) groups is 2. The summed E-state index contributed by atoms with van der Waals surface area (Å²) in [6.07, 6.45) is 5.09. The number of rotatable bonds is 2. The highest BCUT2D eigenvalue weighted by Gasteiger charge is 2.35. The lowest BCUT2D eigenvalue weighted by molar-refractivity contribution is -0.143. The largest absolute Gasteiger partial charge is 0.448 e. The summed E-state index contributed by atoms with van der Waals surface area (Å²) >= 11 is 0. The van der Waals surface area contributed by atoms with Crippen molar-refractivity contribution < 1.29 is 14.3 Å². The molecule has 5 nitrogen and oxygen atoms in total. The lowest BCUT2D eigenvalue weighted by atomic mass is 9.98. The monoisotopic (exact) mass is 328 g/mol. The van der Waals surface area contributed by atoms with E-state index < -0.39 is 6.10 Å². The van der Waals surface area contributed by atoms with E-state index in [4.69, 9.17) is 4.74 Å². The number of fused-ring (bicyclic) bond motifs is 1. The highest BCUT2D eigenvalue weighted by atomic mass is 16.5. The Morgan fingerprint density at radius 3 is 2.50 bits per heavy atom. The normalized spacial score (nSPS) is 25.4. The Kier molecular flexibility index (Phi) is 4.27. The summed E-state index contributed by atoms with van der Waals surface area (Å²) in [6, 6.07) is 8.11. The zero-order valence-corrected chi connectivity index (χ0v) is 13.9. The first-order valence-electron chi connectivity index (χ1n) is 9.04. The predicted molar refractivity (Wildman–Crippen MR) is 89.8 cm³/mol. The van der Waals surface area contributed by atoms with Gasteiger partial charge in [0.25, 0.3) is 5.91 Å². The summed E-state index contributed by atoms with van der Waals surface area (Å²) in [7, 11) is 0. The lowest BCUT2D eigenvalue weighted by Crippen LogP contribution is -2.54. The molecule has 2 aliphatic heterocycles. The molecule has 24 heavy (non-hydrogen) atoms. The van der Waals surface area contributed by atoms with Crippen molar-refractivity contribution in [3.8, 4) is 0 Å². The van der Waals surface area contributed by atoms with Gasteiger partial charge in [-0.3, -0.25) is 9.69 Å². The second kappa shape index (κ2) is 6.55. The van der Waals surface area contributed by atoms with Crippen LogP contribution in [0.4, 0.5) is 0 Å². The quantitative estimate of drug-likeness (QED) is 0.778. The van der Waals surface area contributed by atoms with Crippen molar-refractivity contribution in [2.75, 3.05) is 26.2 Å². The average Bonchev–Trinajstić information content (AvgIpc) is 3.16. The molecule has 4 rings (SSSR count). The van der Waals surface area contributed by atoms with E-state index in [0.717, 1.165) is 31.7 Å². The molecule has 1 saturated carbocycles. The summed E-state index contributed by atoms with van der Waals surface area (Å²) in [6.45, 7) is 3.36. The van der Waals surface area contributed by atoms with E-state index in [1.165, 1.54) is 25.7 Å². The first kappa shape index (κ1) is 15.6. The molecular weight excluding hydrogens is 304 g/mol. The molecule has 3 aliphatic rings. The van der Waals surface area contributed by atoms with Crippen LogP contribution >= 0.6 is 0 Å². The molecule has 5 heteroatoms. The molecule has 1 unspecified atom stereocenters. The minimum absolute atomic E-state index is 0.0380. The molecule has 0 spiro atoms. The molecule has 1 amide bonds. The van der Waals surface area contributed by atoms with Crippen molar-refractivity contribution in [1.29, 1.82) is 0 Å². The molecule has 0 N–H and O–H groups in total. The highest BCUT2D eigenvalue weighted by Crippen LogP contribution is 2.25. The Balaban J connectivity index is 1.38. The van der Waals surface area contributed by atoms with Gasteiger partial charge in [-0.15, -0.1) is 0 Å². The van der Waals surface area contributed by atoms with E-state index in [1.807, 2.05) is 23.1 Å². The summed E-state index contributed by atoms with van der Waals surface area (Å²) < 4.78 is 5.41.